The molecule has 0 aromatic heterocycles. The number of hydrogen-bond acceptors (Lipinski definition) is 2. The summed E-state index contributed by atoms with van der Waals surface area (Å²) in [6.07, 6.45) is 2.76. The minimum Gasteiger partial charge on any atom is -0.324 e. The molecule has 0 spiro atoms. The monoisotopic (exact) mass is 298 g/mol. The summed E-state index contributed by atoms with van der Waals surface area (Å²) in [5.74, 6) is -0.111. The van der Waals surface area contributed by atoms with Gasteiger partial charge in [-0.25, -0.2) is 0 Å². The van der Waals surface area contributed by atoms with Gasteiger partial charge in [0.2, 0.25) is 5.91 Å². The van der Waals surface area contributed by atoms with Crippen molar-refractivity contribution < 1.29 is 4.79 Å². The average molecular weight is 299 g/mol. The van der Waals surface area contributed by atoms with E-state index in [1.807, 2.05) is 25.1 Å². The molecule has 0 unspecified atom stereocenters. The van der Waals surface area contributed by atoms with Gasteiger partial charge >= 0.3 is 0 Å². The summed E-state index contributed by atoms with van der Waals surface area (Å²) in [7, 11) is 0. The number of carbonyl (C=O) groups excluding carboxylic acids is 1. The Morgan fingerprint density at radius 3 is 2.88 bits per heavy atom. The highest BCUT2D eigenvalue weighted by molar-refractivity contribution is 9.10. The number of unbranched alkanes of at least 4 members (excludes halogenated alkanes) is 1. The molecule has 0 saturated heterocycles. The van der Waals surface area contributed by atoms with Crippen molar-refractivity contribution in [2.45, 2.75) is 39.2 Å². The molecule has 0 heterocycles. The van der Waals surface area contributed by atoms with Crippen molar-refractivity contribution in [1.82, 2.24) is 0 Å². The number of anilines is 1. The molecule has 0 aliphatic heterocycles. The molecule has 1 amide bonds. The molecule has 0 saturated carbocycles. The molecule has 0 aliphatic rings. The summed E-state index contributed by atoms with van der Waals surface area (Å²) in [4.78, 5) is 11.8. The summed E-state index contributed by atoms with van der Waals surface area (Å²) in [6.45, 7) is 4.04. The van der Waals surface area contributed by atoms with Gasteiger partial charge in [-0.1, -0.05) is 41.8 Å². The number of nitrogens with two attached hydrogens (primary N) is 1. The third kappa shape index (κ3) is 4.13. The van der Waals surface area contributed by atoms with Crippen LogP contribution in [0, 0.1) is 6.92 Å². The number of carbonyl (C=O) groups is 1. The van der Waals surface area contributed by atoms with Crippen LogP contribution in [0.4, 0.5) is 5.69 Å². The highest BCUT2D eigenvalue weighted by Gasteiger charge is 2.14. The predicted octanol–water partition coefficient (Wildman–Crippen LogP) is 3.21. The molecule has 0 aliphatic carbocycles. The summed E-state index contributed by atoms with van der Waals surface area (Å²) < 4.78 is 0.984. The Morgan fingerprint density at radius 2 is 2.24 bits per heavy atom. The number of rotatable bonds is 5. The molecule has 3 nitrogen and oxygen atoms in total. The lowest BCUT2D eigenvalue weighted by Crippen LogP contribution is -2.35. The van der Waals surface area contributed by atoms with E-state index in [-0.39, 0.29) is 5.91 Å². The van der Waals surface area contributed by atoms with Gasteiger partial charge in [0.1, 0.15) is 0 Å². The highest BCUT2D eigenvalue weighted by atomic mass is 79.9. The van der Waals surface area contributed by atoms with Crippen LogP contribution in [-0.4, -0.2) is 11.9 Å². The minimum atomic E-state index is -0.423. The highest BCUT2D eigenvalue weighted by Crippen LogP contribution is 2.23. The number of halogens is 1. The lowest BCUT2D eigenvalue weighted by Gasteiger charge is -2.14. The van der Waals surface area contributed by atoms with Crippen molar-refractivity contribution in [2.75, 3.05) is 5.32 Å². The summed E-state index contributed by atoms with van der Waals surface area (Å²) in [5.41, 5.74) is 7.65. The summed E-state index contributed by atoms with van der Waals surface area (Å²) in [5, 5.41) is 2.87. The van der Waals surface area contributed by atoms with Crippen molar-refractivity contribution in [2.24, 2.45) is 5.73 Å². The fraction of sp³-hybridized carbons (Fsp3) is 0.462. The smallest absolute Gasteiger partial charge is 0.241 e. The Bertz CT molecular complexity index is 393. The molecule has 0 radical (unpaired) electrons. The number of hydrogen-bond donors (Lipinski definition) is 2. The van der Waals surface area contributed by atoms with Crippen molar-refractivity contribution in [1.29, 1.82) is 0 Å². The van der Waals surface area contributed by atoms with E-state index >= 15 is 0 Å². The molecule has 0 bridgehead atoms. The third-order valence-corrected chi connectivity index (χ3v) is 3.59. The summed E-state index contributed by atoms with van der Waals surface area (Å²) in [6, 6.07) is 5.30. The van der Waals surface area contributed by atoms with Gasteiger partial charge in [-0.3, -0.25) is 4.79 Å². The fourth-order valence-electron chi connectivity index (χ4n) is 1.52. The van der Waals surface area contributed by atoms with Crippen molar-refractivity contribution in [3.05, 3.63) is 28.2 Å². The van der Waals surface area contributed by atoms with Gasteiger partial charge in [-0.2, -0.15) is 0 Å². The molecule has 1 atom stereocenters. The van der Waals surface area contributed by atoms with Crippen LogP contribution in [0.2, 0.25) is 0 Å². The van der Waals surface area contributed by atoms with Gasteiger partial charge in [0.25, 0.3) is 0 Å². The Labute approximate surface area is 111 Å². The Hall–Kier alpha value is -0.870. The lowest BCUT2D eigenvalue weighted by molar-refractivity contribution is -0.117. The molecule has 1 rings (SSSR count). The van der Waals surface area contributed by atoms with Crippen LogP contribution >= 0.6 is 15.9 Å². The van der Waals surface area contributed by atoms with E-state index in [0.29, 0.717) is 0 Å². The van der Waals surface area contributed by atoms with Crippen LogP contribution in [-0.2, 0) is 4.79 Å². The molecule has 1 aromatic rings. The SMILES string of the molecule is CCCC[C@H](N)C(=O)Nc1cccc(Br)c1C. The second-order valence-corrected chi connectivity index (χ2v) is 5.00. The number of benzene rings is 1. The van der Waals surface area contributed by atoms with Crippen LogP contribution in [0.15, 0.2) is 22.7 Å². The normalized spacial score (nSPS) is 12.2. The zero-order chi connectivity index (χ0) is 12.8. The zero-order valence-corrected chi connectivity index (χ0v) is 11.9. The van der Waals surface area contributed by atoms with Crippen molar-refractivity contribution in [3.8, 4) is 0 Å². The van der Waals surface area contributed by atoms with Gasteiger partial charge in [0.05, 0.1) is 6.04 Å². The molecular formula is C13H19BrN2O. The molecule has 94 valence electrons. The second-order valence-electron chi connectivity index (χ2n) is 4.15. The molecule has 3 N–H and O–H groups in total. The van der Waals surface area contributed by atoms with E-state index in [0.717, 1.165) is 35.0 Å². The topological polar surface area (TPSA) is 55.1 Å². The van der Waals surface area contributed by atoms with Gasteiger partial charge in [-0.15, -0.1) is 0 Å². The van der Waals surface area contributed by atoms with Crippen LogP contribution < -0.4 is 11.1 Å². The first-order chi connectivity index (χ1) is 8.06. The van der Waals surface area contributed by atoms with Gasteiger partial charge in [0.15, 0.2) is 0 Å². The van der Waals surface area contributed by atoms with E-state index in [4.69, 9.17) is 5.73 Å². The first kappa shape index (κ1) is 14.2. The molecule has 4 heteroatoms. The maximum absolute atomic E-state index is 11.8. The Morgan fingerprint density at radius 1 is 1.53 bits per heavy atom. The minimum absolute atomic E-state index is 0.111. The first-order valence-electron chi connectivity index (χ1n) is 5.87. The number of nitrogens with one attached hydrogen (secondary N) is 1. The van der Waals surface area contributed by atoms with Crippen LogP contribution in [0.1, 0.15) is 31.7 Å². The second kappa shape index (κ2) is 6.77. The average Bonchev–Trinajstić information content (AvgIpc) is 2.31. The summed E-state index contributed by atoms with van der Waals surface area (Å²) >= 11 is 3.43. The van der Waals surface area contributed by atoms with Gasteiger partial charge in [0, 0.05) is 10.2 Å². The Kier molecular flexibility index (Phi) is 5.65. The molecule has 1 aromatic carbocycles. The van der Waals surface area contributed by atoms with E-state index in [1.165, 1.54) is 0 Å². The largest absolute Gasteiger partial charge is 0.324 e. The van der Waals surface area contributed by atoms with Crippen LogP contribution in [0.25, 0.3) is 0 Å². The fourth-order valence-corrected chi connectivity index (χ4v) is 1.89. The maximum Gasteiger partial charge on any atom is 0.241 e. The Balaban J connectivity index is 2.64. The van der Waals surface area contributed by atoms with E-state index in [2.05, 4.69) is 28.2 Å². The van der Waals surface area contributed by atoms with Crippen LogP contribution in [0.3, 0.4) is 0 Å². The number of amides is 1. The first-order valence-corrected chi connectivity index (χ1v) is 6.67. The van der Waals surface area contributed by atoms with Crippen molar-refractivity contribution >= 4 is 27.5 Å². The molecular weight excluding hydrogens is 280 g/mol. The van der Waals surface area contributed by atoms with Crippen molar-refractivity contribution in [3.63, 3.8) is 0 Å². The molecule has 17 heavy (non-hydrogen) atoms. The predicted molar refractivity (Wildman–Crippen MR) is 75.0 cm³/mol. The van der Waals surface area contributed by atoms with E-state index in [1.54, 1.807) is 0 Å². The lowest BCUT2D eigenvalue weighted by atomic mass is 10.1. The quantitative estimate of drug-likeness (QED) is 0.877. The standard InChI is InChI=1S/C13H19BrN2O/c1-3-4-7-11(15)13(17)16-12-8-5-6-10(14)9(12)2/h5-6,8,11H,3-4,7,15H2,1-2H3,(H,16,17)/t11-/m0/s1. The zero-order valence-electron chi connectivity index (χ0n) is 10.3. The molecule has 0 fully saturated rings. The van der Waals surface area contributed by atoms with E-state index < -0.39 is 6.04 Å². The maximum atomic E-state index is 11.8. The van der Waals surface area contributed by atoms with Gasteiger partial charge in [-0.05, 0) is 31.0 Å². The third-order valence-electron chi connectivity index (χ3n) is 2.73. The van der Waals surface area contributed by atoms with E-state index in [9.17, 15) is 4.79 Å². The van der Waals surface area contributed by atoms with Crippen LogP contribution in [0.5, 0.6) is 0 Å². The van der Waals surface area contributed by atoms with Gasteiger partial charge < -0.3 is 11.1 Å².